The van der Waals surface area contributed by atoms with E-state index in [1.807, 2.05) is 0 Å². The number of allylic oxidation sites excluding steroid dienone is 22. The summed E-state index contributed by atoms with van der Waals surface area (Å²) in [4.78, 5) is 38.2. The third-order valence-corrected chi connectivity index (χ3v) is 12.6. The van der Waals surface area contributed by atoms with Crippen molar-refractivity contribution in [2.75, 3.05) is 13.2 Å². The maximum absolute atomic E-state index is 12.9. The van der Waals surface area contributed by atoms with Crippen molar-refractivity contribution in [2.24, 2.45) is 0 Å². The highest BCUT2D eigenvalue weighted by Gasteiger charge is 2.19. The van der Waals surface area contributed by atoms with Crippen LogP contribution in [0.3, 0.4) is 0 Å². The van der Waals surface area contributed by atoms with Crippen LogP contribution in [0, 0.1) is 0 Å². The average Bonchev–Trinajstić information content (AvgIpc) is 3.41. The van der Waals surface area contributed by atoms with Gasteiger partial charge in [0.05, 0.1) is 0 Å². The molecule has 0 aromatic heterocycles. The van der Waals surface area contributed by atoms with Gasteiger partial charge in [-0.15, -0.1) is 0 Å². The first-order valence-electron chi connectivity index (χ1n) is 30.7. The fourth-order valence-electron chi connectivity index (χ4n) is 8.08. The molecule has 0 fully saturated rings. The van der Waals surface area contributed by atoms with E-state index in [1.165, 1.54) is 89.9 Å². The standard InChI is InChI=1S/C69H112O6/c1-4-7-10-13-16-19-22-25-27-29-31-32-33-34-35-36-38-39-41-44-47-50-53-56-59-62-68(71)74-65-66(64-73-67(70)61-58-55-52-49-46-43-24-21-18-15-12-9-6-3)75-69(72)63-60-57-54-51-48-45-42-40-37-30-28-26-23-20-17-14-11-8-5-2/h8-9,11-12,17-18,20-22,25-26,28-29,31,33-34,37,40,43,45-46,48,66H,4-7,10,13-16,19,23-24,27,30,32,35-36,38-39,41-42,44,47,49-65H2,1-3H3/b11-8-,12-9-,20-17-,21-18-,25-22-,28-26-,31-29-,34-33-,40-37-,46-43-,48-45-. The highest BCUT2D eigenvalue weighted by molar-refractivity contribution is 5.71. The van der Waals surface area contributed by atoms with Gasteiger partial charge >= 0.3 is 17.9 Å². The second kappa shape index (κ2) is 62.1. The highest BCUT2D eigenvalue weighted by Crippen LogP contribution is 2.14. The predicted molar refractivity (Wildman–Crippen MR) is 325 cm³/mol. The normalized spacial score (nSPS) is 13.1. The van der Waals surface area contributed by atoms with E-state index >= 15 is 0 Å². The highest BCUT2D eigenvalue weighted by atomic mass is 16.6. The molecule has 0 saturated carbocycles. The summed E-state index contributed by atoms with van der Waals surface area (Å²) in [7, 11) is 0. The van der Waals surface area contributed by atoms with Crippen LogP contribution in [0.2, 0.25) is 0 Å². The largest absolute Gasteiger partial charge is 0.462 e. The minimum atomic E-state index is -0.815. The number of rotatable bonds is 54. The molecule has 0 heterocycles. The molecular weight excluding hydrogens is 925 g/mol. The molecule has 0 radical (unpaired) electrons. The predicted octanol–water partition coefficient (Wildman–Crippen LogP) is 21.0. The van der Waals surface area contributed by atoms with Crippen LogP contribution in [-0.2, 0) is 28.6 Å². The van der Waals surface area contributed by atoms with Gasteiger partial charge in [-0.1, -0.05) is 244 Å². The Morgan fingerprint density at radius 1 is 0.280 bits per heavy atom. The summed E-state index contributed by atoms with van der Waals surface area (Å²) in [5.41, 5.74) is 0. The zero-order valence-corrected chi connectivity index (χ0v) is 48.5. The van der Waals surface area contributed by atoms with Crippen LogP contribution in [-0.4, -0.2) is 37.2 Å². The smallest absolute Gasteiger partial charge is 0.306 e. The molecular formula is C69H112O6. The van der Waals surface area contributed by atoms with Crippen molar-refractivity contribution in [2.45, 2.75) is 271 Å². The number of hydrogen-bond donors (Lipinski definition) is 0. The molecule has 0 aromatic rings. The molecule has 0 aliphatic rings. The lowest BCUT2D eigenvalue weighted by Gasteiger charge is -2.18. The molecule has 0 bridgehead atoms. The van der Waals surface area contributed by atoms with Crippen LogP contribution >= 0.6 is 0 Å². The molecule has 6 nitrogen and oxygen atoms in total. The van der Waals surface area contributed by atoms with Crippen molar-refractivity contribution in [1.82, 2.24) is 0 Å². The minimum absolute atomic E-state index is 0.107. The second-order valence-electron chi connectivity index (χ2n) is 19.8. The number of ether oxygens (including phenoxy) is 3. The van der Waals surface area contributed by atoms with Gasteiger partial charge in [0.15, 0.2) is 6.10 Å². The number of hydrogen-bond acceptors (Lipinski definition) is 6. The monoisotopic (exact) mass is 1040 g/mol. The molecule has 0 N–H and O–H groups in total. The first kappa shape index (κ1) is 70.5. The first-order valence-corrected chi connectivity index (χ1v) is 30.7. The Kier molecular flexibility index (Phi) is 58.4. The Morgan fingerprint density at radius 2 is 0.520 bits per heavy atom. The Labute approximate surface area is 462 Å². The van der Waals surface area contributed by atoms with Crippen LogP contribution in [0.1, 0.15) is 265 Å². The molecule has 1 atom stereocenters. The van der Waals surface area contributed by atoms with Gasteiger partial charge in [-0.2, -0.15) is 0 Å². The minimum Gasteiger partial charge on any atom is -0.462 e. The molecule has 0 amide bonds. The van der Waals surface area contributed by atoms with Crippen LogP contribution < -0.4 is 0 Å². The molecule has 424 valence electrons. The maximum Gasteiger partial charge on any atom is 0.306 e. The molecule has 75 heavy (non-hydrogen) atoms. The summed E-state index contributed by atoms with van der Waals surface area (Å²) in [5.74, 6) is -0.976. The molecule has 6 heteroatoms. The fourth-order valence-corrected chi connectivity index (χ4v) is 8.08. The van der Waals surface area contributed by atoms with Crippen LogP contribution in [0.4, 0.5) is 0 Å². The van der Waals surface area contributed by atoms with Gasteiger partial charge in [-0.05, 0) is 135 Å². The lowest BCUT2D eigenvalue weighted by Crippen LogP contribution is -2.30. The van der Waals surface area contributed by atoms with Crippen molar-refractivity contribution in [1.29, 1.82) is 0 Å². The molecule has 0 aliphatic heterocycles. The third-order valence-electron chi connectivity index (χ3n) is 12.6. The van der Waals surface area contributed by atoms with E-state index in [0.29, 0.717) is 19.3 Å². The number of carbonyl (C=O) groups excluding carboxylic acids is 3. The quantitative estimate of drug-likeness (QED) is 0.0261. The summed E-state index contributed by atoms with van der Waals surface area (Å²) in [6.07, 6.45) is 87.4. The molecule has 0 saturated heterocycles. The van der Waals surface area contributed by atoms with Crippen molar-refractivity contribution in [3.63, 3.8) is 0 Å². The topological polar surface area (TPSA) is 78.9 Å². The van der Waals surface area contributed by atoms with E-state index in [2.05, 4.69) is 154 Å². The van der Waals surface area contributed by atoms with Gasteiger partial charge in [0.25, 0.3) is 0 Å². The molecule has 0 rings (SSSR count). The van der Waals surface area contributed by atoms with E-state index in [1.54, 1.807) is 0 Å². The summed E-state index contributed by atoms with van der Waals surface area (Å²) < 4.78 is 16.8. The summed E-state index contributed by atoms with van der Waals surface area (Å²) >= 11 is 0. The molecule has 0 aliphatic carbocycles. The summed E-state index contributed by atoms with van der Waals surface area (Å²) in [5, 5.41) is 0. The van der Waals surface area contributed by atoms with Gasteiger partial charge in [0, 0.05) is 19.3 Å². The SMILES string of the molecule is CC/C=C\C/C=C\C/C=C\C/C=C\C/C=C\CCCCCC(=O)OC(COC(=O)CCCCC/C=C\C/C=C\C/C=C\CC)COC(=O)CCCCCCCCCCCC/C=C\C/C=C\C/C=C\CCCCCCC. The zero-order chi connectivity index (χ0) is 54.3. The molecule has 1 unspecified atom stereocenters. The van der Waals surface area contributed by atoms with Crippen molar-refractivity contribution >= 4 is 17.9 Å². The number of unbranched alkanes of at least 4 members (excludes halogenated alkanes) is 21. The lowest BCUT2D eigenvalue weighted by molar-refractivity contribution is -0.167. The summed E-state index contributed by atoms with van der Waals surface area (Å²) in [6.45, 7) is 6.34. The lowest BCUT2D eigenvalue weighted by atomic mass is 10.1. The van der Waals surface area contributed by atoms with E-state index in [9.17, 15) is 14.4 Å². The number of esters is 3. The fraction of sp³-hybridized carbons (Fsp3) is 0.638. The van der Waals surface area contributed by atoms with Gasteiger partial charge in [0.1, 0.15) is 13.2 Å². The van der Waals surface area contributed by atoms with Crippen molar-refractivity contribution in [3.8, 4) is 0 Å². The van der Waals surface area contributed by atoms with Crippen LogP contribution in [0.15, 0.2) is 134 Å². The van der Waals surface area contributed by atoms with E-state index in [0.717, 1.165) is 128 Å². The Hall–Kier alpha value is -4.45. The van der Waals surface area contributed by atoms with Crippen molar-refractivity contribution in [3.05, 3.63) is 134 Å². The van der Waals surface area contributed by atoms with Crippen LogP contribution in [0.25, 0.3) is 0 Å². The Bertz CT molecular complexity index is 1620. The van der Waals surface area contributed by atoms with E-state index < -0.39 is 6.10 Å². The first-order chi connectivity index (χ1) is 37.0. The zero-order valence-electron chi connectivity index (χ0n) is 48.5. The third kappa shape index (κ3) is 60.3. The van der Waals surface area contributed by atoms with Crippen molar-refractivity contribution < 1.29 is 28.6 Å². The van der Waals surface area contributed by atoms with Gasteiger partial charge in [-0.25, -0.2) is 0 Å². The van der Waals surface area contributed by atoms with Gasteiger partial charge < -0.3 is 14.2 Å². The molecule has 0 aromatic carbocycles. The van der Waals surface area contributed by atoms with E-state index in [4.69, 9.17) is 14.2 Å². The molecule has 0 spiro atoms. The summed E-state index contributed by atoms with van der Waals surface area (Å²) in [6, 6.07) is 0. The average molecular weight is 1040 g/mol. The van der Waals surface area contributed by atoms with Gasteiger partial charge in [-0.3, -0.25) is 14.4 Å². The second-order valence-corrected chi connectivity index (χ2v) is 19.8. The van der Waals surface area contributed by atoms with E-state index in [-0.39, 0.29) is 37.5 Å². The maximum atomic E-state index is 12.9. The Morgan fingerprint density at radius 3 is 0.827 bits per heavy atom. The number of carbonyl (C=O) groups is 3. The Balaban J connectivity index is 4.42. The van der Waals surface area contributed by atoms with Gasteiger partial charge in [0.2, 0.25) is 0 Å². The van der Waals surface area contributed by atoms with Crippen LogP contribution in [0.5, 0.6) is 0 Å².